The highest BCUT2D eigenvalue weighted by atomic mass is 35.5. The average molecular weight is 291 g/mol. The quantitative estimate of drug-likeness (QED) is 0.776. The van der Waals surface area contributed by atoms with Gasteiger partial charge < -0.3 is 10.3 Å². The zero-order valence-electron chi connectivity index (χ0n) is 10.5. The fourth-order valence-electron chi connectivity index (χ4n) is 2.43. The van der Waals surface area contributed by atoms with Crippen LogP contribution in [0.1, 0.15) is 10.4 Å². The maximum atomic E-state index is 5.99. The minimum atomic E-state index is 0.676. The fourth-order valence-corrected chi connectivity index (χ4v) is 3.52. The Bertz CT molecular complexity index is 699. The van der Waals surface area contributed by atoms with E-state index in [4.69, 9.17) is 17.3 Å². The highest BCUT2D eigenvalue weighted by Crippen LogP contribution is 2.26. The van der Waals surface area contributed by atoms with Crippen molar-refractivity contribution in [2.45, 2.75) is 13.0 Å². The van der Waals surface area contributed by atoms with Crippen molar-refractivity contribution in [2.75, 3.05) is 6.54 Å². The molecular formula is C15H15ClN2S. The molecule has 2 nitrogen and oxygen atoms in total. The molecule has 19 heavy (non-hydrogen) atoms. The second kappa shape index (κ2) is 5.37. The first-order valence-electron chi connectivity index (χ1n) is 6.29. The minimum absolute atomic E-state index is 0.676. The molecule has 0 saturated carbocycles. The van der Waals surface area contributed by atoms with Crippen LogP contribution in [-0.4, -0.2) is 11.1 Å². The van der Waals surface area contributed by atoms with Crippen molar-refractivity contribution >= 4 is 33.8 Å². The molecule has 0 amide bonds. The fraction of sp³-hybridized carbons (Fsp3) is 0.200. The number of fused-ring (bicyclic) bond motifs is 1. The molecule has 1 aromatic carbocycles. The van der Waals surface area contributed by atoms with E-state index < -0.39 is 0 Å². The molecule has 2 aromatic heterocycles. The SMILES string of the molecule is NCCc1cccc2ccn(Cc3ccc(Cl)s3)c12. The lowest BCUT2D eigenvalue weighted by molar-refractivity contribution is 0.841. The van der Waals surface area contributed by atoms with Gasteiger partial charge in [0.1, 0.15) is 0 Å². The standard InChI is InChI=1S/C15H15ClN2S/c16-14-5-4-13(19-14)10-18-9-7-12-3-1-2-11(6-8-17)15(12)18/h1-5,7,9H,6,8,10,17H2. The number of benzene rings is 1. The van der Waals surface area contributed by atoms with Crippen LogP contribution in [0.25, 0.3) is 10.9 Å². The Hall–Kier alpha value is -1.29. The summed E-state index contributed by atoms with van der Waals surface area (Å²) in [6.45, 7) is 1.54. The topological polar surface area (TPSA) is 30.9 Å². The molecular weight excluding hydrogens is 276 g/mol. The third-order valence-corrected chi connectivity index (χ3v) is 4.46. The monoisotopic (exact) mass is 290 g/mol. The van der Waals surface area contributed by atoms with Gasteiger partial charge in [-0.3, -0.25) is 0 Å². The molecule has 0 aliphatic rings. The van der Waals surface area contributed by atoms with Gasteiger partial charge in [-0.2, -0.15) is 0 Å². The lowest BCUT2D eigenvalue weighted by Gasteiger charge is -2.08. The van der Waals surface area contributed by atoms with Crippen LogP contribution in [0.4, 0.5) is 0 Å². The number of thiophene rings is 1. The van der Waals surface area contributed by atoms with Crippen molar-refractivity contribution in [3.05, 3.63) is 57.4 Å². The van der Waals surface area contributed by atoms with Crippen LogP contribution in [0.2, 0.25) is 4.34 Å². The Morgan fingerprint density at radius 2 is 2.05 bits per heavy atom. The molecule has 0 aliphatic carbocycles. The van der Waals surface area contributed by atoms with Gasteiger partial charge in [0.15, 0.2) is 0 Å². The second-order valence-electron chi connectivity index (χ2n) is 4.54. The molecule has 0 aliphatic heterocycles. The first-order valence-corrected chi connectivity index (χ1v) is 7.48. The van der Waals surface area contributed by atoms with E-state index in [-0.39, 0.29) is 0 Å². The molecule has 0 atom stereocenters. The highest BCUT2D eigenvalue weighted by Gasteiger charge is 2.07. The number of nitrogens with zero attached hydrogens (tertiary/aromatic N) is 1. The lowest BCUT2D eigenvalue weighted by atomic mass is 10.1. The van der Waals surface area contributed by atoms with Crippen molar-refractivity contribution in [3.63, 3.8) is 0 Å². The van der Waals surface area contributed by atoms with Gasteiger partial charge in [0.25, 0.3) is 0 Å². The summed E-state index contributed by atoms with van der Waals surface area (Å²) in [5.74, 6) is 0. The Morgan fingerprint density at radius 1 is 1.16 bits per heavy atom. The Labute approximate surface area is 121 Å². The van der Waals surface area contributed by atoms with E-state index in [1.165, 1.54) is 21.3 Å². The molecule has 2 heterocycles. The van der Waals surface area contributed by atoms with Crippen molar-refractivity contribution in [1.82, 2.24) is 4.57 Å². The van der Waals surface area contributed by atoms with E-state index in [9.17, 15) is 0 Å². The van der Waals surface area contributed by atoms with Gasteiger partial charge in [-0.1, -0.05) is 29.8 Å². The summed E-state index contributed by atoms with van der Waals surface area (Å²) >= 11 is 7.63. The van der Waals surface area contributed by atoms with E-state index in [0.29, 0.717) is 6.54 Å². The second-order valence-corrected chi connectivity index (χ2v) is 6.34. The summed E-state index contributed by atoms with van der Waals surface area (Å²) in [7, 11) is 0. The summed E-state index contributed by atoms with van der Waals surface area (Å²) in [6, 6.07) is 12.6. The maximum absolute atomic E-state index is 5.99. The van der Waals surface area contributed by atoms with Crippen molar-refractivity contribution < 1.29 is 0 Å². The first kappa shape index (κ1) is 12.7. The van der Waals surface area contributed by atoms with E-state index in [1.54, 1.807) is 11.3 Å². The minimum Gasteiger partial charge on any atom is -0.342 e. The van der Waals surface area contributed by atoms with Gasteiger partial charge in [0.2, 0.25) is 0 Å². The number of nitrogens with two attached hydrogens (primary N) is 1. The van der Waals surface area contributed by atoms with E-state index in [0.717, 1.165) is 17.3 Å². The van der Waals surface area contributed by atoms with Crippen molar-refractivity contribution in [3.8, 4) is 0 Å². The van der Waals surface area contributed by atoms with Crippen molar-refractivity contribution in [1.29, 1.82) is 0 Å². The molecule has 98 valence electrons. The van der Waals surface area contributed by atoms with E-state index in [1.807, 2.05) is 6.07 Å². The van der Waals surface area contributed by atoms with Crippen LogP contribution >= 0.6 is 22.9 Å². The van der Waals surface area contributed by atoms with Crippen molar-refractivity contribution in [2.24, 2.45) is 5.73 Å². The van der Waals surface area contributed by atoms with Gasteiger partial charge >= 0.3 is 0 Å². The number of hydrogen-bond acceptors (Lipinski definition) is 2. The zero-order valence-corrected chi connectivity index (χ0v) is 12.0. The predicted molar refractivity (Wildman–Crippen MR) is 83.1 cm³/mol. The highest BCUT2D eigenvalue weighted by molar-refractivity contribution is 7.16. The number of aromatic nitrogens is 1. The Kier molecular flexibility index (Phi) is 3.60. The molecule has 3 aromatic rings. The number of rotatable bonds is 4. The average Bonchev–Trinajstić information content (AvgIpc) is 2.98. The molecule has 4 heteroatoms. The molecule has 2 N–H and O–H groups in total. The van der Waals surface area contributed by atoms with E-state index >= 15 is 0 Å². The molecule has 0 spiro atoms. The largest absolute Gasteiger partial charge is 0.342 e. The summed E-state index contributed by atoms with van der Waals surface area (Å²) < 4.78 is 3.12. The molecule has 0 bridgehead atoms. The lowest BCUT2D eigenvalue weighted by Crippen LogP contribution is -2.05. The van der Waals surface area contributed by atoms with Gasteiger partial charge in [-0.05, 0) is 42.1 Å². The van der Waals surface area contributed by atoms with Gasteiger partial charge in [-0.15, -0.1) is 11.3 Å². The van der Waals surface area contributed by atoms with Gasteiger partial charge in [-0.25, -0.2) is 0 Å². The van der Waals surface area contributed by atoms with Crippen LogP contribution in [0.3, 0.4) is 0 Å². The van der Waals surface area contributed by atoms with Gasteiger partial charge in [0.05, 0.1) is 16.4 Å². The summed E-state index contributed by atoms with van der Waals surface area (Å²) in [4.78, 5) is 1.27. The first-order chi connectivity index (χ1) is 9.28. The molecule has 0 radical (unpaired) electrons. The summed E-state index contributed by atoms with van der Waals surface area (Å²) in [6.07, 6.45) is 3.05. The number of para-hydroxylation sites is 1. The summed E-state index contributed by atoms with van der Waals surface area (Å²) in [5, 5.41) is 1.27. The van der Waals surface area contributed by atoms with Crippen LogP contribution in [0, 0.1) is 0 Å². The van der Waals surface area contributed by atoms with Crippen LogP contribution in [0.5, 0.6) is 0 Å². The molecule has 0 saturated heterocycles. The smallest absolute Gasteiger partial charge is 0.0931 e. The van der Waals surface area contributed by atoms with Crippen LogP contribution in [-0.2, 0) is 13.0 Å². The van der Waals surface area contributed by atoms with Gasteiger partial charge in [0, 0.05) is 11.1 Å². The zero-order chi connectivity index (χ0) is 13.2. The maximum Gasteiger partial charge on any atom is 0.0931 e. The molecule has 0 fully saturated rings. The van der Waals surface area contributed by atoms with E-state index in [2.05, 4.69) is 41.1 Å². The normalized spacial score (nSPS) is 11.3. The summed E-state index contributed by atoms with van der Waals surface area (Å²) in [5.41, 5.74) is 8.30. The molecule has 0 unspecified atom stereocenters. The Morgan fingerprint density at radius 3 is 2.79 bits per heavy atom. The predicted octanol–water partition coefficient (Wildman–Crippen LogP) is 3.91. The number of halogens is 1. The number of hydrogen-bond donors (Lipinski definition) is 1. The van der Waals surface area contributed by atoms with Crippen LogP contribution < -0.4 is 5.73 Å². The molecule has 3 rings (SSSR count). The van der Waals surface area contributed by atoms with Crippen LogP contribution in [0.15, 0.2) is 42.6 Å². The third kappa shape index (κ3) is 2.54. The Balaban J connectivity index is 2.03. The third-order valence-electron chi connectivity index (χ3n) is 3.24.